The predicted octanol–water partition coefficient (Wildman–Crippen LogP) is 5.68. The molecule has 6 heteroatoms. The Balaban J connectivity index is 2.18. The van der Waals surface area contributed by atoms with Crippen molar-refractivity contribution < 1.29 is 4.39 Å². The van der Waals surface area contributed by atoms with Crippen LogP contribution in [0.2, 0.25) is 5.02 Å². The van der Waals surface area contributed by atoms with Crippen LogP contribution in [0.4, 0.5) is 10.1 Å². The largest absolute Gasteiger partial charge is 0.341 e. The van der Waals surface area contributed by atoms with Gasteiger partial charge in [-0.15, -0.1) is 0 Å². The summed E-state index contributed by atoms with van der Waals surface area (Å²) in [7, 11) is 0. The van der Waals surface area contributed by atoms with Crippen molar-refractivity contribution in [2.75, 3.05) is 11.9 Å². The molecule has 0 spiro atoms. The molecule has 0 saturated carbocycles. The second kappa shape index (κ2) is 9.11. The molecular formula is C19H23ClFN3S. The lowest BCUT2D eigenvalue weighted by Crippen LogP contribution is -2.38. The Hall–Kier alpha value is -1.72. The van der Waals surface area contributed by atoms with Crippen molar-refractivity contribution in [3.05, 3.63) is 59.1 Å². The van der Waals surface area contributed by atoms with Crippen LogP contribution in [0.1, 0.15) is 38.9 Å². The van der Waals surface area contributed by atoms with E-state index in [4.69, 9.17) is 23.8 Å². The zero-order chi connectivity index (χ0) is 18.4. The van der Waals surface area contributed by atoms with Crippen LogP contribution in [0.3, 0.4) is 0 Å². The zero-order valence-corrected chi connectivity index (χ0v) is 16.2. The van der Waals surface area contributed by atoms with E-state index in [2.05, 4.69) is 36.0 Å². The summed E-state index contributed by atoms with van der Waals surface area (Å²) >= 11 is 11.5. The smallest absolute Gasteiger partial charge is 0.173 e. The number of rotatable bonds is 6. The van der Waals surface area contributed by atoms with Gasteiger partial charge in [-0.25, -0.2) is 4.39 Å². The van der Waals surface area contributed by atoms with E-state index in [1.807, 2.05) is 18.2 Å². The van der Waals surface area contributed by atoms with Crippen molar-refractivity contribution in [3.8, 4) is 0 Å². The first-order valence-electron chi connectivity index (χ1n) is 8.32. The van der Waals surface area contributed by atoms with Crippen molar-refractivity contribution in [1.29, 1.82) is 0 Å². The molecule has 1 aromatic carbocycles. The number of halogens is 2. The van der Waals surface area contributed by atoms with E-state index in [-0.39, 0.29) is 11.1 Å². The SMILES string of the molecule is CC(C)CCN(C(=S)Nc1ccc(F)c(Cl)c1)[C@@H](C)c1ccccn1. The molecule has 1 heterocycles. The summed E-state index contributed by atoms with van der Waals surface area (Å²) in [5, 5.41) is 3.80. The second-order valence-corrected chi connectivity index (χ2v) is 7.16. The molecule has 0 aliphatic rings. The van der Waals surface area contributed by atoms with Crippen LogP contribution < -0.4 is 5.32 Å². The Bertz CT molecular complexity index is 709. The number of nitrogens with one attached hydrogen (secondary N) is 1. The third-order valence-electron chi connectivity index (χ3n) is 3.96. The van der Waals surface area contributed by atoms with Gasteiger partial charge < -0.3 is 10.2 Å². The number of hydrogen-bond acceptors (Lipinski definition) is 2. The summed E-state index contributed by atoms with van der Waals surface area (Å²) in [6, 6.07) is 10.4. The Morgan fingerprint density at radius 2 is 2.04 bits per heavy atom. The lowest BCUT2D eigenvalue weighted by atomic mass is 10.1. The third kappa shape index (κ3) is 5.65. The normalized spacial score (nSPS) is 12.1. The van der Waals surface area contributed by atoms with Crippen LogP contribution in [0.15, 0.2) is 42.6 Å². The average Bonchev–Trinajstić information content (AvgIpc) is 2.58. The first kappa shape index (κ1) is 19.6. The molecule has 0 fully saturated rings. The Kier molecular flexibility index (Phi) is 7.14. The van der Waals surface area contributed by atoms with Gasteiger partial charge in [0.2, 0.25) is 0 Å². The standard InChI is InChI=1S/C19H23ClFN3S/c1-13(2)9-11-24(14(3)18-6-4-5-10-22-18)19(25)23-15-7-8-17(21)16(20)12-15/h4-8,10,12-14H,9,11H2,1-3H3,(H,23,25)/t14-/m0/s1. The van der Waals surface area contributed by atoms with Crippen molar-refractivity contribution >= 4 is 34.6 Å². The number of hydrogen-bond donors (Lipinski definition) is 1. The maximum absolute atomic E-state index is 13.3. The average molecular weight is 380 g/mol. The summed E-state index contributed by atoms with van der Waals surface area (Å²) in [5.41, 5.74) is 1.62. The maximum Gasteiger partial charge on any atom is 0.173 e. The van der Waals surface area contributed by atoms with Gasteiger partial charge in [-0.3, -0.25) is 4.98 Å². The van der Waals surface area contributed by atoms with Gasteiger partial charge >= 0.3 is 0 Å². The molecule has 0 bridgehead atoms. The van der Waals surface area contributed by atoms with Crippen LogP contribution in [-0.4, -0.2) is 21.5 Å². The van der Waals surface area contributed by atoms with E-state index in [1.165, 1.54) is 12.1 Å². The molecule has 1 atom stereocenters. The predicted molar refractivity (Wildman–Crippen MR) is 106 cm³/mol. The number of aromatic nitrogens is 1. The molecule has 0 amide bonds. The molecule has 0 saturated heterocycles. The Morgan fingerprint density at radius 3 is 2.64 bits per heavy atom. The van der Waals surface area contributed by atoms with Gasteiger partial charge in [-0.1, -0.05) is 31.5 Å². The molecule has 134 valence electrons. The number of benzene rings is 1. The highest BCUT2D eigenvalue weighted by Crippen LogP contribution is 2.23. The molecular weight excluding hydrogens is 357 g/mol. The van der Waals surface area contributed by atoms with Gasteiger partial charge in [-0.05, 0) is 61.8 Å². The van der Waals surface area contributed by atoms with Crippen molar-refractivity contribution in [1.82, 2.24) is 9.88 Å². The van der Waals surface area contributed by atoms with Crippen LogP contribution in [0.5, 0.6) is 0 Å². The summed E-state index contributed by atoms with van der Waals surface area (Å²) < 4.78 is 13.3. The highest BCUT2D eigenvalue weighted by atomic mass is 35.5. The molecule has 1 N–H and O–H groups in total. The number of pyridine rings is 1. The fourth-order valence-electron chi connectivity index (χ4n) is 2.42. The minimum absolute atomic E-state index is 0.0240. The van der Waals surface area contributed by atoms with Crippen molar-refractivity contribution in [2.45, 2.75) is 33.2 Å². The Labute approximate surface area is 159 Å². The van der Waals surface area contributed by atoms with E-state index in [9.17, 15) is 4.39 Å². The van der Waals surface area contributed by atoms with Crippen LogP contribution in [-0.2, 0) is 0 Å². The molecule has 2 aromatic rings. The van der Waals surface area contributed by atoms with Gasteiger partial charge in [-0.2, -0.15) is 0 Å². The van der Waals surface area contributed by atoms with E-state index < -0.39 is 5.82 Å². The lowest BCUT2D eigenvalue weighted by molar-refractivity contribution is 0.313. The monoisotopic (exact) mass is 379 g/mol. The zero-order valence-electron chi connectivity index (χ0n) is 14.7. The molecule has 0 aliphatic carbocycles. The lowest BCUT2D eigenvalue weighted by Gasteiger charge is -2.32. The van der Waals surface area contributed by atoms with Gasteiger partial charge in [0.1, 0.15) is 5.82 Å². The quantitative estimate of drug-likeness (QED) is 0.653. The highest BCUT2D eigenvalue weighted by molar-refractivity contribution is 7.80. The number of thiocarbonyl (C=S) groups is 1. The van der Waals surface area contributed by atoms with Crippen LogP contribution in [0, 0.1) is 11.7 Å². The molecule has 0 aliphatic heterocycles. The second-order valence-electron chi connectivity index (χ2n) is 6.37. The van der Waals surface area contributed by atoms with Crippen molar-refractivity contribution in [3.63, 3.8) is 0 Å². The van der Waals surface area contributed by atoms with E-state index in [1.54, 1.807) is 12.3 Å². The van der Waals surface area contributed by atoms with Gasteiger partial charge in [0, 0.05) is 18.4 Å². The summed E-state index contributed by atoms with van der Waals surface area (Å²) in [6.07, 6.45) is 2.78. The van der Waals surface area contributed by atoms with Gasteiger partial charge in [0.15, 0.2) is 5.11 Å². The van der Waals surface area contributed by atoms with Gasteiger partial charge in [0.25, 0.3) is 0 Å². The first-order chi connectivity index (χ1) is 11.9. The maximum atomic E-state index is 13.3. The number of nitrogens with zero attached hydrogens (tertiary/aromatic N) is 2. The minimum atomic E-state index is -0.448. The molecule has 3 nitrogen and oxygen atoms in total. The van der Waals surface area contributed by atoms with Crippen LogP contribution >= 0.6 is 23.8 Å². The molecule has 0 radical (unpaired) electrons. The fourth-order valence-corrected chi connectivity index (χ4v) is 2.97. The van der Waals surface area contributed by atoms with E-state index >= 15 is 0 Å². The van der Waals surface area contributed by atoms with E-state index in [0.29, 0.717) is 16.7 Å². The Morgan fingerprint density at radius 1 is 1.28 bits per heavy atom. The minimum Gasteiger partial charge on any atom is -0.341 e. The molecule has 2 rings (SSSR count). The third-order valence-corrected chi connectivity index (χ3v) is 4.59. The van der Waals surface area contributed by atoms with Crippen molar-refractivity contribution in [2.24, 2.45) is 5.92 Å². The molecule has 1 aromatic heterocycles. The van der Waals surface area contributed by atoms with Crippen LogP contribution in [0.25, 0.3) is 0 Å². The van der Waals surface area contributed by atoms with Gasteiger partial charge in [0.05, 0.1) is 16.8 Å². The number of anilines is 1. The summed E-state index contributed by atoms with van der Waals surface area (Å²) in [5.74, 6) is 0.109. The fraction of sp³-hybridized carbons (Fsp3) is 0.368. The van der Waals surface area contributed by atoms with E-state index in [0.717, 1.165) is 18.7 Å². The topological polar surface area (TPSA) is 28.2 Å². The highest BCUT2D eigenvalue weighted by Gasteiger charge is 2.20. The molecule has 25 heavy (non-hydrogen) atoms. The molecule has 0 unspecified atom stereocenters. The first-order valence-corrected chi connectivity index (χ1v) is 9.10. The summed E-state index contributed by atoms with van der Waals surface area (Å²) in [6.45, 7) is 7.24. The summed E-state index contributed by atoms with van der Waals surface area (Å²) in [4.78, 5) is 6.55.